The molecule has 6 heteroatoms. The predicted molar refractivity (Wildman–Crippen MR) is 37.1 cm³/mol. The van der Waals surface area contributed by atoms with Crippen molar-refractivity contribution in [1.82, 2.24) is 4.98 Å². The van der Waals surface area contributed by atoms with Gasteiger partial charge in [0.25, 0.3) is 0 Å². The zero-order chi connectivity index (χ0) is 10.1. The van der Waals surface area contributed by atoms with Crippen LogP contribution in [0, 0.1) is 0 Å². The van der Waals surface area contributed by atoms with E-state index < -0.39 is 17.8 Å². The van der Waals surface area contributed by atoms with Gasteiger partial charge in [0.05, 0.1) is 0 Å². The highest BCUT2D eigenvalue weighted by atomic mass is 19.4. The molecular weight excluding hydrogens is 187 g/mol. The number of carbonyl (C=O) groups is 1. The quantitative estimate of drug-likeness (QED) is 0.692. The second kappa shape index (κ2) is 3.12. The van der Waals surface area contributed by atoms with Gasteiger partial charge in [0.2, 0.25) is 5.88 Å². The number of esters is 1. The second-order valence-corrected chi connectivity index (χ2v) is 2.33. The van der Waals surface area contributed by atoms with Crippen LogP contribution in [0.25, 0.3) is 0 Å². The van der Waals surface area contributed by atoms with Crippen LogP contribution in [-0.2, 0) is 11.0 Å². The van der Waals surface area contributed by atoms with Crippen molar-refractivity contribution in [2.24, 2.45) is 0 Å². The number of H-pyrrole nitrogens is 1. The Morgan fingerprint density at radius 3 is 2.46 bits per heavy atom. The van der Waals surface area contributed by atoms with E-state index in [0.717, 1.165) is 19.1 Å². The van der Waals surface area contributed by atoms with E-state index in [9.17, 15) is 18.0 Å². The second-order valence-electron chi connectivity index (χ2n) is 2.33. The molecule has 0 atom stereocenters. The molecule has 0 amide bonds. The number of ether oxygens (including phenoxy) is 1. The first-order chi connectivity index (χ1) is 5.89. The average molecular weight is 193 g/mol. The molecule has 1 N–H and O–H groups in total. The van der Waals surface area contributed by atoms with Crippen LogP contribution in [0.2, 0.25) is 0 Å². The molecule has 0 saturated heterocycles. The first-order valence-electron chi connectivity index (χ1n) is 3.34. The molecule has 0 aliphatic rings. The molecule has 0 spiro atoms. The smallest absolute Gasteiger partial charge is 0.410 e. The molecule has 1 heterocycles. The van der Waals surface area contributed by atoms with Crippen molar-refractivity contribution in [2.75, 3.05) is 0 Å². The molecule has 0 aliphatic heterocycles. The largest absolute Gasteiger partial charge is 0.431 e. The third-order valence-electron chi connectivity index (χ3n) is 1.22. The van der Waals surface area contributed by atoms with Gasteiger partial charge in [-0.15, -0.1) is 0 Å². The normalized spacial score (nSPS) is 11.4. The topological polar surface area (TPSA) is 42.1 Å². The van der Waals surface area contributed by atoms with Gasteiger partial charge in [0.15, 0.2) is 0 Å². The minimum Gasteiger partial charge on any atom is -0.410 e. The number of hydrogen-bond donors (Lipinski definition) is 1. The van der Waals surface area contributed by atoms with Crippen LogP contribution in [0.15, 0.2) is 12.1 Å². The Bertz CT molecular complexity index is 316. The Labute approximate surface area is 71.5 Å². The Kier molecular flexibility index (Phi) is 2.31. The molecule has 1 aromatic rings. The van der Waals surface area contributed by atoms with Crippen LogP contribution in [-0.4, -0.2) is 11.0 Å². The van der Waals surface area contributed by atoms with Crippen molar-refractivity contribution in [3.8, 4) is 5.88 Å². The summed E-state index contributed by atoms with van der Waals surface area (Å²) in [5.41, 5.74) is -0.941. The van der Waals surface area contributed by atoms with E-state index in [0.29, 0.717) is 0 Å². The van der Waals surface area contributed by atoms with Gasteiger partial charge in [0.1, 0.15) is 5.69 Å². The summed E-state index contributed by atoms with van der Waals surface area (Å²) in [5, 5.41) is 0. The molecule has 0 unspecified atom stereocenters. The first-order valence-corrected chi connectivity index (χ1v) is 3.34. The molecule has 1 aromatic heterocycles. The predicted octanol–water partition coefficient (Wildman–Crippen LogP) is 1.96. The summed E-state index contributed by atoms with van der Waals surface area (Å²) in [6.45, 7) is 1.11. The molecule has 0 saturated carbocycles. The first kappa shape index (κ1) is 9.63. The number of aromatic nitrogens is 1. The fourth-order valence-corrected chi connectivity index (χ4v) is 0.755. The Morgan fingerprint density at radius 2 is 2.08 bits per heavy atom. The lowest BCUT2D eigenvalue weighted by atomic mass is 10.4. The monoisotopic (exact) mass is 193 g/mol. The molecule has 0 fully saturated rings. The number of halogens is 3. The van der Waals surface area contributed by atoms with Crippen LogP contribution in [0.3, 0.4) is 0 Å². The van der Waals surface area contributed by atoms with E-state index in [4.69, 9.17) is 0 Å². The van der Waals surface area contributed by atoms with Gasteiger partial charge in [-0.1, -0.05) is 0 Å². The van der Waals surface area contributed by atoms with Crippen LogP contribution < -0.4 is 4.74 Å². The lowest BCUT2D eigenvalue weighted by Gasteiger charge is -2.02. The van der Waals surface area contributed by atoms with Crippen molar-refractivity contribution in [3.05, 3.63) is 17.8 Å². The summed E-state index contributed by atoms with van der Waals surface area (Å²) in [7, 11) is 0. The van der Waals surface area contributed by atoms with Crippen LogP contribution in [0.1, 0.15) is 12.6 Å². The summed E-state index contributed by atoms with van der Waals surface area (Å²) in [6, 6.07) is 1.85. The minimum atomic E-state index is -4.45. The van der Waals surface area contributed by atoms with Crippen LogP contribution >= 0.6 is 0 Å². The standard InChI is InChI=1S/C7H6F3NO2/c1-4(12)13-6-3-2-5(11-6)7(8,9)10/h2-3,11H,1H3. The van der Waals surface area contributed by atoms with Gasteiger partial charge in [-0.25, -0.2) is 0 Å². The lowest BCUT2D eigenvalue weighted by molar-refractivity contribution is -0.141. The molecule has 0 radical (unpaired) electrons. The maximum atomic E-state index is 12.0. The molecule has 0 bridgehead atoms. The van der Waals surface area contributed by atoms with Gasteiger partial charge in [-0.3, -0.25) is 4.79 Å². The maximum Gasteiger partial charge on any atom is 0.431 e. The number of rotatable bonds is 1. The van der Waals surface area contributed by atoms with Gasteiger partial charge in [-0.05, 0) is 6.07 Å². The molecular formula is C7H6F3NO2. The number of carbonyl (C=O) groups excluding carboxylic acids is 1. The number of hydrogen-bond acceptors (Lipinski definition) is 2. The molecule has 72 valence electrons. The van der Waals surface area contributed by atoms with E-state index in [2.05, 4.69) is 4.74 Å². The molecule has 0 aromatic carbocycles. The zero-order valence-corrected chi connectivity index (χ0v) is 6.61. The molecule has 13 heavy (non-hydrogen) atoms. The Balaban J connectivity index is 2.81. The van der Waals surface area contributed by atoms with E-state index in [-0.39, 0.29) is 5.88 Å². The highest BCUT2D eigenvalue weighted by Gasteiger charge is 2.32. The summed E-state index contributed by atoms with van der Waals surface area (Å²) in [5.74, 6) is -0.879. The molecule has 0 aliphatic carbocycles. The third kappa shape index (κ3) is 2.50. The highest BCUT2D eigenvalue weighted by Crippen LogP contribution is 2.29. The zero-order valence-electron chi connectivity index (χ0n) is 6.61. The van der Waals surface area contributed by atoms with E-state index in [1.165, 1.54) is 0 Å². The number of aromatic amines is 1. The molecule has 1 rings (SSSR count). The summed E-state index contributed by atoms with van der Waals surface area (Å²) >= 11 is 0. The van der Waals surface area contributed by atoms with Crippen molar-refractivity contribution in [2.45, 2.75) is 13.1 Å². The fraction of sp³-hybridized carbons (Fsp3) is 0.286. The van der Waals surface area contributed by atoms with Gasteiger partial charge < -0.3 is 9.72 Å². The average Bonchev–Trinajstić information content (AvgIpc) is 2.32. The number of nitrogens with one attached hydrogen (secondary N) is 1. The SMILES string of the molecule is CC(=O)Oc1ccc(C(F)(F)F)[nH]1. The van der Waals surface area contributed by atoms with Crippen molar-refractivity contribution in [1.29, 1.82) is 0 Å². The molecule has 3 nitrogen and oxygen atoms in total. The highest BCUT2D eigenvalue weighted by molar-refractivity contribution is 5.68. The van der Waals surface area contributed by atoms with E-state index in [1.54, 1.807) is 0 Å². The van der Waals surface area contributed by atoms with Gasteiger partial charge >= 0.3 is 12.1 Å². The van der Waals surface area contributed by atoms with Crippen LogP contribution in [0.4, 0.5) is 13.2 Å². The lowest BCUT2D eigenvalue weighted by Crippen LogP contribution is -2.06. The van der Waals surface area contributed by atoms with Crippen molar-refractivity contribution < 1.29 is 22.7 Å². The fourth-order valence-electron chi connectivity index (χ4n) is 0.755. The van der Waals surface area contributed by atoms with Crippen molar-refractivity contribution >= 4 is 5.97 Å². The van der Waals surface area contributed by atoms with E-state index in [1.807, 2.05) is 4.98 Å². The third-order valence-corrected chi connectivity index (χ3v) is 1.22. The summed E-state index contributed by atoms with van der Waals surface area (Å²) in [6.07, 6.45) is -4.45. The van der Waals surface area contributed by atoms with Gasteiger partial charge in [-0.2, -0.15) is 13.2 Å². The minimum absolute atomic E-state index is 0.208. The maximum absolute atomic E-state index is 12.0. The Morgan fingerprint density at radius 1 is 1.46 bits per heavy atom. The van der Waals surface area contributed by atoms with Crippen LogP contribution in [0.5, 0.6) is 5.88 Å². The van der Waals surface area contributed by atoms with Crippen molar-refractivity contribution in [3.63, 3.8) is 0 Å². The van der Waals surface area contributed by atoms with Gasteiger partial charge in [0, 0.05) is 13.0 Å². The summed E-state index contributed by atoms with van der Waals surface area (Å²) < 4.78 is 40.3. The van der Waals surface area contributed by atoms with E-state index >= 15 is 0 Å². The summed E-state index contributed by atoms with van der Waals surface area (Å²) in [4.78, 5) is 12.3. The number of alkyl halides is 3. The Hall–Kier alpha value is -1.46.